The summed E-state index contributed by atoms with van der Waals surface area (Å²) in [6, 6.07) is 22.6. The summed E-state index contributed by atoms with van der Waals surface area (Å²) in [4.78, 5) is 37.6. The number of urea groups is 1. The van der Waals surface area contributed by atoms with Crippen LogP contribution < -0.4 is 10.6 Å². The number of carboxylic acid groups (broad SMARTS) is 1. The van der Waals surface area contributed by atoms with Crippen molar-refractivity contribution in [3.8, 4) is 11.1 Å². The van der Waals surface area contributed by atoms with E-state index in [2.05, 4.69) is 10.6 Å². The summed E-state index contributed by atoms with van der Waals surface area (Å²) >= 11 is 0. The molecule has 32 heavy (non-hydrogen) atoms. The van der Waals surface area contributed by atoms with Gasteiger partial charge in [-0.1, -0.05) is 42.5 Å². The summed E-state index contributed by atoms with van der Waals surface area (Å²) in [5, 5.41) is 14.9. The van der Waals surface area contributed by atoms with E-state index in [0.717, 1.165) is 11.1 Å². The van der Waals surface area contributed by atoms with E-state index in [1.807, 2.05) is 54.6 Å². The molecule has 3 N–H and O–H groups in total. The van der Waals surface area contributed by atoms with Gasteiger partial charge in [-0.3, -0.25) is 4.79 Å². The van der Waals surface area contributed by atoms with Crippen molar-refractivity contribution in [1.29, 1.82) is 0 Å². The predicted octanol–water partition coefficient (Wildman–Crippen LogP) is 4.69. The van der Waals surface area contributed by atoms with E-state index in [1.165, 1.54) is 4.90 Å². The zero-order valence-electron chi connectivity index (χ0n) is 17.3. The summed E-state index contributed by atoms with van der Waals surface area (Å²) in [7, 11) is 0. The number of benzene rings is 3. The minimum atomic E-state index is -0.960. The van der Waals surface area contributed by atoms with E-state index in [1.54, 1.807) is 24.3 Å². The Morgan fingerprint density at radius 1 is 0.781 bits per heavy atom. The molecule has 3 amide bonds. The highest BCUT2D eigenvalue weighted by Crippen LogP contribution is 2.24. The Labute approximate surface area is 185 Å². The molecule has 0 aliphatic carbocycles. The van der Waals surface area contributed by atoms with E-state index in [4.69, 9.17) is 0 Å². The number of anilines is 2. The number of carboxylic acids is 1. The molecule has 0 saturated carbocycles. The van der Waals surface area contributed by atoms with Gasteiger partial charge >= 0.3 is 12.0 Å². The number of hydrogen-bond acceptors (Lipinski definition) is 3. The van der Waals surface area contributed by atoms with Crippen LogP contribution in [0, 0.1) is 0 Å². The molecular formula is C25H23N3O4. The van der Waals surface area contributed by atoms with Gasteiger partial charge < -0.3 is 20.6 Å². The van der Waals surface area contributed by atoms with Crippen LogP contribution >= 0.6 is 0 Å². The van der Waals surface area contributed by atoms with Gasteiger partial charge in [0.15, 0.2) is 0 Å². The first-order valence-electron chi connectivity index (χ1n) is 10.4. The van der Waals surface area contributed by atoms with Gasteiger partial charge in [0.25, 0.3) is 5.91 Å². The lowest BCUT2D eigenvalue weighted by molar-refractivity contribution is -0.141. The van der Waals surface area contributed by atoms with Gasteiger partial charge in [0.1, 0.15) is 6.04 Å². The maximum absolute atomic E-state index is 12.7. The summed E-state index contributed by atoms with van der Waals surface area (Å²) < 4.78 is 0. The monoisotopic (exact) mass is 429 g/mol. The Morgan fingerprint density at radius 3 is 1.94 bits per heavy atom. The van der Waals surface area contributed by atoms with Gasteiger partial charge in [0.2, 0.25) is 0 Å². The molecule has 1 heterocycles. The van der Waals surface area contributed by atoms with Crippen molar-refractivity contribution in [3.05, 3.63) is 84.4 Å². The maximum atomic E-state index is 12.7. The Bertz CT molecular complexity index is 1110. The second-order valence-electron chi connectivity index (χ2n) is 7.59. The van der Waals surface area contributed by atoms with Crippen LogP contribution in [0.5, 0.6) is 0 Å². The quantitative estimate of drug-likeness (QED) is 0.548. The van der Waals surface area contributed by atoms with Crippen LogP contribution in [0.25, 0.3) is 11.1 Å². The minimum absolute atomic E-state index is 0.259. The van der Waals surface area contributed by atoms with E-state index in [0.29, 0.717) is 36.3 Å². The van der Waals surface area contributed by atoms with Crippen molar-refractivity contribution >= 4 is 29.3 Å². The molecule has 3 aromatic rings. The normalized spacial score (nSPS) is 15.2. The molecule has 1 fully saturated rings. The average Bonchev–Trinajstić information content (AvgIpc) is 3.30. The van der Waals surface area contributed by atoms with Crippen molar-refractivity contribution in [2.75, 3.05) is 17.2 Å². The molecule has 0 bridgehead atoms. The van der Waals surface area contributed by atoms with Gasteiger partial charge in [-0.15, -0.1) is 0 Å². The number of rotatable bonds is 5. The number of hydrogen-bond donors (Lipinski definition) is 3. The molecule has 0 spiro atoms. The number of amides is 3. The SMILES string of the molecule is O=C(Nc1ccccc1)Nc1ccc(-c2ccc(C(=O)N3CCC[C@H]3C(=O)O)cc2)cc1. The molecule has 1 atom stereocenters. The Kier molecular flexibility index (Phi) is 6.17. The zero-order valence-corrected chi connectivity index (χ0v) is 17.3. The molecule has 0 radical (unpaired) electrons. The molecule has 1 aliphatic heterocycles. The molecule has 0 aromatic heterocycles. The maximum Gasteiger partial charge on any atom is 0.326 e. The van der Waals surface area contributed by atoms with Gasteiger partial charge in [0, 0.05) is 23.5 Å². The Hall–Kier alpha value is -4.13. The minimum Gasteiger partial charge on any atom is -0.480 e. The molecular weight excluding hydrogens is 406 g/mol. The first-order chi connectivity index (χ1) is 15.5. The number of nitrogens with one attached hydrogen (secondary N) is 2. The third-order valence-electron chi connectivity index (χ3n) is 5.44. The lowest BCUT2D eigenvalue weighted by Gasteiger charge is -2.21. The second kappa shape index (κ2) is 9.34. The highest BCUT2D eigenvalue weighted by molar-refractivity contribution is 6.00. The van der Waals surface area contributed by atoms with Crippen LogP contribution in [0.3, 0.4) is 0 Å². The fraction of sp³-hybridized carbons (Fsp3) is 0.160. The summed E-state index contributed by atoms with van der Waals surface area (Å²) in [5.41, 5.74) is 3.68. The lowest BCUT2D eigenvalue weighted by Crippen LogP contribution is -2.40. The van der Waals surface area contributed by atoms with Crippen molar-refractivity contribution in [2.24, 2.45) is 0 Å². The molecule has 4 rings (SSSR count). The fourth-order valence-electron chi connectivity index (χ4n) is 3.80. The van der Waals surface area contributed by atoms with Crippen LogP contribution in [0.15, 0.2) is 78.9 Å². The van der Waals surface area contributed by atoms with Gasteiger partial charge in [0.05, 0.1) is 0 Å². The first-order valence-corrected chi connectivity index (χ1v) is 10.4. The smallest absolute Gasteiger partial charge is 0.326 e. The highest BCUT2D eigenvalue weighted by atomic mass is 16.4. The van der Waals surface area contributed by atoms with E-state index >= 15 is 0 Å². The van der Waals surface area contributed by atoms with Crippen LogP contribution in [-0.2, 0) is 4.79 Å². The number of nitrogens with zero attached hydrogens (tertiary/aromatic N) is 1. The van der Waals surface area contributed by atoms with Crippen LogP contribution in [0.1, 0.15) is 23.2 Å². The molecule has 1 aliphatic rings. The fourth-order valence-corrected chi connectivity index (χ4v) is 3.80. The molecule has 162 valence electrons. The van der Waals surface area contributed by atoms with E-state index in [9.17, 15) is 19.5 Å². The lowest BCUT2D eigenvalue weighted by atomic mass is 10.0. The number of aliphatic carboxylic acids is 1. The van der Waals surface area contributed by atoms with E-state index in [-0.39, 0.29) is 11.9 Å². The molecule has 7 heteroatoms. The standard InChI is InChI=1S/C25H23N3O4/c29-23(28-16-4-7-22(28)24(30)31)19-10-8-17(9-11-19)18-12-14-21(15-13-18)27-25(32)26-20-5-2-1-3-6-20/h1-3,5-6,8-15,22H,4,7,16H2,(H,30,31)(H2,26,27,32)/t22-/m0/s1. The predicted molar refractivity (Wildman–Crippen MR) is 123 cm³/mol. The van der Waals surface area contributed by atoms with Crippen molar-refractivity contribution in [2.45, 2.75) is 18.9 Å². The Morgan fingerprint density at radius 2 is 1.34 bits per heavy atom. The summed E-state index contributed by atoms with van der Waals surface area (Å²) in [5.74, 6) is -1.22. The summed E-state index contributed by atoms with van der Waals surface area (Å²) in [6.07, 6.45) is 1.19. The number of para-hydroxylation sites is 1. The molecule has 0 unspecified atom stereocenters. The third kappa shape index (κ3) is 4.78. The van der Waals surface area contributed by atoms with Crippen LogP contribution in [-0.4, -0.2) is 40.5 Å². The second-order valence-corrected chi connectivity index (χ2v) is 7.59. The molecule has 1 saturated heterocycles. The Balaban J connectivity index is 1.39. The van der Waals surface area contributed by atoms with Crippen molar-refractivity contribution in [3.63, 3.8) is 0 Å². The first kappa shape index (κ1) is 21.1. The topological polar surface area (TPSA) is 98.7 Å². The zero-order chi connectivity index (χ0) is 22.5. The van der Waals surface area contributed by atoms with Gasteiger partial charge in [-0.05, 0) is 60.4 Å². The highest BCUT2D eigenvalue weighted by Gasteiger charge is 2.34. The van der Waals surface area contributed by atoms with Gasteiger partial charge in [-0.2, -0.15) is 0 Å². The molecule has 3 aromatic carbocycles. The number of likely N-dealkylation sites (tertiary alicyclic amines) is 1. The summed E-state index contributed by atoms with van der Waals surface area (Å²) in [6.45, 7) is 0.462. The largest absolute Gasteiger partial charge is 0.480 e. The number of carbonyl (C=O) groups is 3. The van der Waals surface area contributed by atoms with E-state index < -0.39 is 12.0 Å². The average molecular weight is 429 g/mol. The van der Waals surface area contributed by atoms with Crippen LogP contribution in [0.4, 0.5) is 16.2 Å². The van der Waals surface area contributed by atoms with Crippen molar-refractivity contribution < 1.29 is 19.5 Å². The van der Waals surface area contributed by atoms with Crippen molar-refractivity contribution in [1.82, 2.24) is 4.90 Å². The van der Waals surface area contributed by atoms with Gasteiger partial charge in [-0.25, -0.2) is 9.59 Å². The van der Waals surface area contributed by atoms with Crippen LogP contribution in [0.2, 0.25) is 0 Å². The number of carbonyl (C=O) groups excluding carboxylic acids is 2. The third-order valence-corrected chi connectivity index (χ3v) is 5.44. The molecule has 7 nitrogen and oxygen atoms in total.